The van der Waals surface area contributed by atoms with Gasteiger partial charge < -0.3 is 15.5 Å². The van der Waals surface area contributed by atoms with E-state index in [1.54, 1.807) is 40.9 Å². The van der Waals surface area contributed by atoms with Crippen LogP contribution in [0.2, 0.25) is 0 Å². The third kappa shape index (κ3) is 4.45. The van der Waals surface area contributed by atoms with Crippen LogP contribution in [0.5, 0.6) is 0 Å². The van der Waals surface area contributed by atoms with Gasteiger partial charge in [-0.2, -0.15) is 10.2 Å². The van der Waals surface area contributed by atoms with Crippen molar-refractivity contribution < 1.29 is 9.18 Å². The Bertz CT molecular complexity index is 1780. The molecule has 11 heteroatoms. The molecule has 10 nitrogen and oxygen atoms in total. The molecule has 1 aliphatic rings. The van der Waals surface area contributed by atoms with Crippen LogP contribution < -0.4 is 15.5 Å². The molecule has 6 rings (SSSR count). The Morgan fingerprint density at radius 2 is 1.82 bits per heavy atom. The van der Waals surface area contributed by atoms with Crippen molar-refractivity contribution in [1.29, 1.82) is 0 Å². The Kier molecular flexibility index (Phi) is 6.25. The van der Waals surface area contributed by atoms with E-state index in [9.17, 15) is 9.18 Å². The number of aryl methyl sites for hydroxylation is 3. The number of carbonyl (C=O) groups excluding carboxylic acids is 1. The van der Waals surface area contributed by atoms with Crippen molar-refractivity contribution in [3.8, 4) is 11.4 Å². The normalized spacial score (nSPS) is 17.6. The summed E-state index contributed by atoms with van der Waals surface area (Å²) in [4.78, 5) is 25.7. The van der Waals surface area contributed by atoms with Crippen molar-refractivity contribution in [2.24, 2.45) is 14.1 Å². The van der Waals surface area contributed by atoms with E-state index in [1.807, 2.05) is 27.0 Å². The summed E-state index contributed by atoms with van der Waals surface area (Å²) in [6.07, 6.45) is 3.51. The number of fused-ring (bicyclic) bond motifs is 2. The summed E-state index contributed by atoms with van der Waals surface area (Å²) >= 11 is 0. The molecule has 1 aliphatic heterocycles. The van der Waals surface area contributed by atoms with E-state index in [0.29, 0.717) is 40.1 Å². The van der Waals surface area contributed by atoms with Gasteiger partial charge in [-0.15, -0.1) is 0 Å². The molecule has 2 aromatic carbocycles. The molecule has 1 saturated heterocycles. The number of aromatic nitrogens is 6. The first-order valence-corrected chi connectivity index (χ1v) is 13.3. The molecular formula is C29H32FN9O. The van der Waals surface area contributed by atoms with Gasteiger partial charge in [0.05, 0.1) is 22.3 Å². The molecule has 40 heavy (non-hydrogen) atoms. The van der Waals surface area contributed by atoms with Gasteiger partial charge in [0.25, 0.3) is 5.91 Å². The molecule has 0 unspecified atom stereocenters. The highest BCUT2D eigenvalue weighted by molar-refractivity contribution is 6.14. The van der Waals surface area contributed by atoms with E-state index < -0.39 is 5.82 Å². The molecule has 0 bridgehead atoms. The Balaban J connectivity index is 1.47. The van der Waals surface area contributed by atoms with Gasteiger partial charge in [-0.05, 0) is 52.0 Å². The summed E-state index contributed by atoms with van der Waals surface area (Å²) in [6, 6.07) is 7.36. The van der Waals surface area contributed by atoms with Crippen molar-refractivity contribution in [2.75, 3.05) is 23.3 Å². The van der Waals surface area contributed by atoms with Crippen LogP contribution in [-0.2, 0) is 14.1 Å². The van der Waals surface area contributed by atoms with E-state index in [1.165, 1.54) is 6.07 Å². The molecule has 0 saturated carbocycles. The molecule has 4 heterocycles. The monoisotopic (exact) mass is 541 g/mol. The molecule has 0 spiro atoms. The maximum absolute atomic E-state index is 14.7. The van der Waals surface area contributed by atoms with E-state index in [4.69, 9.17) is 9.97 Å². The van der Waals surface area contributed by atoms with Gasteiger partial charge in [0, 0.05) is 79.5 Å². The number of nitrogens with zero attached hydrogens (tertiary/aromatic N) is 7. The van der Waals surface area contributed by atoms with Crippen LogP contribution in [0.25, 0.3) is 33.2 Å². The van der Waals surface area contributed by atoms with E-state index in [0.717, 1.165) is 41.1 Å². The number of nitrogens with one attached hydrogen (secondary N) is 2. The molecular weight excluding hydrogens is 509 g/mol. The maximum Gasteiger partial charge on any atom is 0.257 e. The number of rotatable bonds is 4. The van der Waals surface area contributed by atoms with Crippen molar-refractivity contribution in [1.82, 2.24) is 34.8 Å². The summed E-state index contributed by atoms with van der Waals surface area (Å²) in [5, 5.41) is 16.5. The standard InChI is InChI=1S/C29H32FN9O/c1-15-12-39(13-16(2)32-15)24-8-7-21(29(40)33-20-9-19-14-37(5)36-26(19)23(30)10-20)27-22(24)11-31-28(34-27)25-17(3)35-38(6)18(25)4/h7-11,14-16,32H,12-13H2,1-6H3,(H,33,40)/t15-,16+. The number of carbonyl (C=O) groups is 1. The molecule has 0 radical (unpaired) electrons. The number of halogens is 1. The summed E-state index contributed by atoms with van der Waals surface area (Å²) in [5.74, 6) is -0.375. The highest BCUT2D eigenvalue weighted by Crippen LogP contribution is 2.33. The van der Waals surface area contributed by atoms with Crippen molar-refractivity contribution in [2.45, 2.75) is 39.8 Å². The number of hydrogen-bond donors (Lipinski definition) is 2. The summed E-state index contributed by atoms with van der Waals surface area (Å²) in [6.45, 7) is 9.85. The number of anilines is 2. The number of piperazine rings is 1. The highest BCUT2D eigenvalue weighted by Gasteiger charge is 2.25. The molecule has 0 aliphatic carbocycles. The highest BCUT2D eigenvalue weighted by atomic mass is 19.1. The van der Waals surface area contributed by atoms with Gasteiger partial charge in [-0.3, -0.25) is 14.2 Å². The van der Waals surface area contributed by atoms with Crippen LogP contribution in [-0.4, -0.2) is 60.6 Å². The minimum Gasteiger partial charge on any atom is -0.368 e. The fourth-order valence-electron chi connectivity index (χ4n) is 5.79. The second kappa shape index (κ2) is 9.67. The van der Waals surface area contributed by atoms with E-state index in [2.05, 4.69) is 39.6 Å². The van der Waals surface area contributed by atoms with Crippen LogP contribution in [0.1, 0.15) is 35.6 Å². The second-order valence-corrected chi connectivity index (χ2v) is 10.8. The molecule has 5 aromatic rings. The fourth-order valence-corrected chi connectivity index (χ4v) is 5.79. The molecule has 2 atom stereocenters. The minimum atomic E-state index is -0.498. The van der Waals surface area contributed by atoms with Crippen LogP contribution in [0.3, 0.4) is 0 Å². The van der Waals surface area contributed by atoms with E-state index >= 15 is 0 Å². The van der Waals surface area contributed by atoms with Gasteiger partial charge in [-0.1, -0.05) is 0 Å². The lowest BCUT2D eigenvalue weighted by molar-refractivity contribution is 0.102. The lowest BCUT2D eigenvalue weighted by Crippen LogP contribution is -2.54. The topological polar surface area (TPSA) is 106 Å². The molecule has 3 aromatic heterocycles. The first kappa shape index (κ1) is 25.9. The Morgan fingerprint density at radius 1 is 1.07 bits per heavy atom. The smallest absolute Gasteiger partial charge is 0.257 e. The van der Waals surface area contributed by atoms with Crippen molar-refractivity contribution >= 4 is 39.1 Å². The lowest BCUT2D eigenvalue weighted by atomic mass is 10.0. The largest absolute Gasteiger partial charge is 0.368 e. The van der Waals surface area contributed by atoms with Gasteiger partial charge in [0.1, 0.15) is 5.52 Å². The summed E-state index contributed by atoms with van der Waals surface area (Å²) in [7, 11) is 3.61. The van der Waals surface area contributed by atoms with Crippen LogP contribution in [0, 0.1) is 19.7 Å². The number of hydrogen-bond acceptors (Lipinski definition) is 7. The molecule has 206 valence electrons. The first-order valence-electron chi connectivity index (χ1n) is 13.3. The van der Waals surface area contributed by atoms with Gasteiger partial charge in [0.15, 0.2) is 11.6 Å². The third-order valence-corrected chi connectivity index (χ3v) is 7.54. The minimum absolute atomic E-state index is 0.259. The van der Waals surface area contributed by atoms with Crippen LogP contribution in [0.15, 0.2) is 36.7 Å². The zero-order valence-electron chi connectivity index (χ0n) is 23.4. The van der Waals surface area contributed by atoms with Gasteiger partial charge >= 0.3 is 0 Å². The number of amides is 1. The zero-order valence-corrected chi connectivity index (χ0v) is 23.4. The van der Waals surface area contributed by atoms with Gasteiger partial charge in [0.2, 0.25) is 0 Å². The fraction of sp³-hybridized carbons (Fsp3) is 0.345. The predicted molar refractivity (Wildman–Crippen MR) is 154 cm³/mol. The molecule has 1 amide bonds. The maximum atomic E-state index is 14.7. The van der Waals surface area contributed by atoms with Crippen molar-refractivity contribution in [3.63, 3.8) is 0 Å². The Labute approximate surface area is 231 Å². The predicted octanol–water partition coefficient (Wildman–Crippen LogP) is 4.11. The van der Waals surface area contributed by atoms with E-state index in [-0.39, 0.29) is 11.4 Å². The van der Waals surface area contributed by atoms with Crippen molar-refractivity contribution in [3.05, 3.63) is 59.4 Å². The summed E-state index contributed by atoms with van der Waals surface area (Å²) in [5.41, 5.74) is 5.08. The zero-order chi connectivity index (χ0) is 28.3. The quantitative estimate of drug-likeness (QED) is 0.353. The Morgan fingerprint density at radius 3 is 2.52 bits per heavy atom. The van der Waals surface area contributed by atoms with Gasteiger partial charge in [-0.25, -0.2) is 14.4 Å². The second-order valence-electron chi connectivity index (χ2n) is 10.8. The summed E-state index contributed by atoms with van der Waals surface area (Å²) < 4.78 is 18.1. The molecule has 2 N–H and O–H groups in total. The first-order chi connectivity index (χ1) is 19.1. The Hall–Kier alpha value is -4.38. The van der Waals surface area contributed by atoms with Crippen LogP contribution in [0.4, 0.5) is 15.8 Å². The SMILES string of the molecule is Cc1nn(C)c(C)c1-c1ncc2c(N3C[C@@H](C)N[C@@H](C)C3)ccc(C(=O)Nc3cc(F)c4nn(C)cc4c3)c2n1. The average molecular weight is 542 g/mol. The third-order valence-electron chi connectivity index (χ3n) is 7.54. The molecule has 1 fully saturated rings. The number of benzene rings is 2. The average Bonchev–Trinajstić information content (AvgIpc) is 3.39. The van der Waals surface area contributed by atoms with Crippen LogP contribution >= 0.6 is 0 Å². The lowest BCUT2D eigenvalue weighted by Gasteiger charge is -2.38.